The number of carbonyl (C=O) groups is 2. The van der Waals surface area contributed by atoms with E-state index in [1.807, 2.05) is 6.92 Å². The average molecular weight is 276 g/mol. The summed E-state index contributed by atoms with van der Waals surface area (Å²) < 4.78 is 5.04. The minimum Gasteiger partial charge on any atom is -0.481 e. The summed E-state index contributed by atoms with van der Waals surface area (Å²) >= 11 is 0. The highest BCUT2D eigenvalue weighted by Crippen LogP contribution is 2.29. The molecule has 0 aromatic rings. The van der Waals surface area contributed by atoms with Crippen LogP contribution in [0, 0.1) is 11.8 Å². The van der Waals surface area contributed by atoms with Crippen LogP contribution in [-0.2, 0) is 14.3 Å². The molecule has 0 bridgehead atoms. The summed E-state index contributed by atoms with van der Waals surface area (Å²) in [5, 5.41) is 24.0. The molecule has 1 aliphatic rings. The molecule has 6 nitrogen and oxygen atoms in total. The van der Waals surface area contributed by atoms with Gasteiger partial charge in [0, 0.05) is 0 Å². The van der Waals surface area contributed by atoms with Crippen molar-refractivity contribution in [3.63, 3.8) is 0 Å². The molecule has 0 saturated heterocycles. The minimum atomic E-state index is -0.740. The number of carboxylic acid groups (broad SMARTS) is 1. The zero-order chi connectivity index (χ0) is 14.7. The maximum Gasteiger partial charge on any atom is 0.308 e. The summed E-state index contributed by atoms with van der Waals surface area (Å²) in [5.41, 5.74) is 0. The lowest BCUT2D eigenvalue weighted by atomic mass is 9.82. The van der Waals surface area contributed by atoms with Gasteiger partial charge in [-0.1, -0.05) is 6.92 Å². The molecule has 1 rings (SSSR count). The number of carboxylic acids is 1. The second kappa shape index (κ2) is 10.8. The van der Waals surface area contributed by atoms with Crippen molar-refractivity contribution in [2.24, 2.45) is 11.8 Å². The Morgan fingerprint density at radius 1 is 1.05 bits per heavy atom. The molecule has 3 N–H and O–H groups in total. The molecule has 0 atom stereocenters. The Labute approximate surface area is 113 Å². The third-order valence-electron chi connectivity index (χ3n) is 2.96. The van der Waals surface area contributed by atoms with Crippen LogP contribution in [-0.4, -0.2) is 47.1 Å². The van der Waals surface area contributed by atoms with Gasteiger partial charge in [-0.05, 0) is 32.1 Å². The second-order valence-corrected chi connectivity index (χ2v) is 4.50. The first-order chi connectivity index (χ1) is 9.06. The number of hydrogen-bond donors (Lipinski definition) is 3. The monoisotopic (exact) mass is 276 g/mol. The van der Waals surface area contributed by atoms with Crippen molar-refractivity contribution in [1.29, 1.82) is 0 Å². The van der Waals surface area contributed by atoms with Crippen molar-refractivity contribution < 1.29 is 29.6 Å². The number of esters is 1. The number of carbonyl (C=O) groups excluding carboxylic acids is 1. The number of hydrogen-bond acceptors (Lipinski definition) is 5. The van der Waals surface area contributed by atoms with E-state index in [1.54, 1.807) is 0 Å². The van der Waals surface area contributed by atoms with Gasteiger partial charge in [-0.15, -0.1) is 0 Å². The van der Waals surface area contributed by atoms with Gasteiger partial charge in [0.25, 0.3) is 0 Å². The van der Waals surface area contributed by atoms with Gasteiger partial charge in [-0.25, -0.2) is 0 Å². The molecule has 1 aliphatic carbocycles. The quantitative estimate of drug-likeness (QED) is 0.642. The molecule has 1 fully saturated rings. The van der Waals surface area contributed by atoms with Crippen LogP contribution in [0.1, 0.15) is 39.0 Å². The molecule has 0 aliphatic heterocycles. The van der Waals surface area contributed by atoms with Crippen LogP contribution < -0.4 is 0 Å². The van der Waals surface area contributed by atoms with Crippen molar-refractivity contribution in [1.82, 2.24) is 0 Å². The van der Waals surface area contributed by atoms with Crippen molar-refractivity contribution in [3.05, 3.63) is 0 Å². The number of aliphatic hydroxyl groups is 2. The fourth-order valence-electron chi connectivity index (χ4n) is 1.90. The predicted molar refractivity (Wildman–Crippen MR) is 68.5 cm³/mol. The predicted octanol–water partition coefficient (Wildman–Crippen LogP) is 0.802. The van der Waals surface area contributed by atoms with Crippen molar-refractivity contribution in [3.8, 4) is 0 Å². The van der Waals surface area contributed by atoms with E-state index in [4.69, 9.17) is 20.1 Å². The van der Waals surface area contributed by atoms with E-state index in [2.05, 4.69) is 0 Å². The van der Waals surface area contributed by atoms with Crippen LogP contribution in [0.25, 0.3) is 0 Å². The van der Waals surface area contributed by atoms with Crippen molar-refractivity contribution in [2.45, 2.75) is 39.0 Å². The normalized spacial score (nSPS) is 22.1. The Hall–Kier alpha value is -1.14. The molecule has 0 aromatic heterocycles. The molecular weight excluding hydrogens is 252 g/mol. The zero-order valence-electron chi connectivity index (χ0n) is 11.4. The van der Waals surface area contributed by atoms with Crippen LogP contribution >= 0.6 is 0 Å². The average Bonchev–Trinajstić information content (AvgIpc) is 2.45. The van der Waals surface area contributed by atoms with Crippen molar-refractivity contribution in [2.75, 3.05) is 19.8 Å². The molecule has 19 heavy (non-hydrogen) atoms. The third kappa shape index (κ3) is 7.79. The first-order valence-electron chi connectivity index (χ1n) is 6.67. The van der Waals surface area contributed by atoms with E-state index in [0.29, 0.717) is 32.3 Å². The van der Waals surface area contributed by atoms with Gasteiger partial charge in [0.15, 0.2) is 0 Å². The maximum absolute atomic E-state index is 11.5. The Kier molecular flexibility index (Phi) is 10.1. The molecule has 0 radical (unpaired) electrons. The lowest BCUT2D eigenvalue weighted by molar-refractivity contribution is -0.152. The molecule has 1 saturated carbocycles. The van der Waals surface area contributed by atoms with E-state index in [0.717, 1.165) is 6.42 Å². The number of aliphatic hydroxyl groups excluding tert-OH is 2. The van der Waals surface area contributed by atoms with Gasteiger partial charge in [-0.2, -0.15) is 0 Å². The highest BCUT2D eigenvalue weighted by molar-refractivity contribution is 5.74. The van der Waals surface area contributed by atoms with E-state index in [1.165, 1.54) is 0 Å². The van der Waals surface area contributed by atoms with E-state index in [-0.39, 0.29) is 31.0 Å². The van der Waals surface area contributed by atoms with Crippen LogP contribution in [0.2, 0.25) is 0 Å². The SMILES string of the molecule is CCCOC(=O)C1CCC(C(=O)O)CC1.OCCO. The third-order valence-corrected chi connectivity index (χ3v) is 2.96. The van der Waals surface area contributed by atoms with Crippen LogP contribution in [0.3, 0.4) is 0 Å². The van der Waals surface area contributed by atoms with Gasteiger partial charge in [0.05, 0.1) is 31.7 Å². The summed E-state index contributed by atoms with van der Waals surface area (Å²) in [5.74, 6) is -1.23. The first kappa shape index (κ1) is 17.9. The Morgan fingerprint density at radius 2 is 1.53 bits per heavy atom. The fraction of sp³-hybridized carbons (Fsp3) is 0.846. The maximum atomic E-state index is 11.5. The van der Waals surface area contributed by atoms with Gasteiger partial charge in [0.1, 0.15) is 0 Å². The van der Waals surface area contributed by atoms with Gasteiger partial charge in [-0.3, -0.25) is 9.59 Å². The molecule has 0 aromatic carbocycles. The lowest BCUT2D eigenvalue weighted by Crippen LogP contribution is -2.27. The first-order valence-corrected chi connectivity index (χ1v) is 6.67. The molecule has 0 heterocycles. The Bertz CT molecular complexity index is 256. The van der Waals surface area contributed by atoms with E-state index >= 15 is 0 Å². The molecular formula is C13H24O6. The number of ether oxygens (including phenoxy) is 1. The van der Waals surface area contributed by atoms with Gasteiger partial charge >= 0.3 is 11.9 Å². The zero-order valence-corrected chi connectivity index (χ0v) is 11.4. The molecule has 0 spiro atoms. The molecule has 6 heteroatoms. The Balaban J connectivity index is 0.000000711. The highest BCUT2D eigenvalue weighted by atomic mass is 16.5. The molecule has 112 valence electrons. The van der Waals surface area contributed by atoms with Gasteiger partial charge in [0.2, 0.25) is 0 Å². The van der Waals surface area contributed by atoms with Gasteiger partial charge < -0.3 is 20.1 Å². The van der Waals surface area contributed by atoms with E-state index < -0.39 is 5.97 Å². The van der Waals surface area contributed by atoms with Crippen LogP contribution in [0.4, 0.5) is 0 Å². The summed E-state index contributed by atoms with van der Waals surface area (Å²) in [4.78, 5) is 22.2. The van der Waals surface area contributed by atoms with Crippen molar-refractivity contribution >= 4 is 11.9 Å². The summed E-state index contributed by atoms with van der Waals surface area (Å²) in [6, 6.07) is 0. The molecule has 0 amide bonds. The largest absolute Gasteiger partial charge is 0.481 e. The Morgan fingerprint density at radius 3 is 1.89 bits per heavy atom. The fourth-order valence-corrected chi connectivity index (χ4v) is 1.90. The summed E-state index contributed by atoms with van der Waals surface area (Å²) in [7, 11) is 0. The highest BCUT2D eigenvalue weighted by Gasteiger charge is 2.30. The summed E-state index contributed by atoms with van der Waals surface area (Å²) in [6.45, 7) is 2.17. The smallest absolute Gasteiger partial charge is 0.308 e. The lowest BCUT2D eigenvalue weighted by Gasteiger charge is -2.24. The minimum absolute atomic E-state index is 0.0767. The number of aliphatic carboxylic acids is 1. The standard InChI is InChI=1S/C11H18O4.C2H6O2/c1-2-7-15-11(14)9-5-3-8(4-6-9)10(12)13;3-1-2-4/h8-9H,2-7H2,1H3,(H,12,13);3-4H,1-2H2. The number of rotatable bonds is 5. The van der Waals surface area contributed by atoms with E-state index in [9.17, 15) is 9.59 Å². The van der Waals surface area contributed by atoms with Crippen LogP contribution in [0.5, 0.6) is 0 Å². The molecule has 0 unspecified atom stereocenters. The topological polar surface area (TPSA) is 104 Å². The summed E-state index contributed by atoms with van der Waals surface area (Å²) in [6.07, 6.45) is 3.33. The second-order valence-electron chi connectivity index (χ2n) is 4.50. The van der Waals surface area contributed by atoms with Crippen LogP contribution in [0.15, 0.2) is 0 Å².